The lowest BCUT2D eigenvalue weighted by Gasteiger charge is -2.25. The maximum Gasteiger partial charge on any atom is 0.160 e. The van der Waals surface area contributed by atoms with Crippen LogP contribution in [0.25, 0.3) is 5.69 Å². The molecule has 11 heteroatoms. The van der Waals surface area contributed by atoms with Gasteiger partial charge in [-0.05, 0) is 62.0 Å². The minimum atomic E-state index is -3.65. The number of methoxy groups -OCH3 is 2. The van der Waals surface area contributed by atoms with Crippen LogP contribution in [0, 0.1) is 6.92 Å². The number of aryl methyl sites for hydroxylation is 1. The molecule has 3 aromatic rings. The zero-order chi connectivity index (χ0) is 27.0. The second kappa shape index (κ2) is 10.6. The van der Waals surface area contributed by atoms with Gasteiger partial charge in [-0.25, -0.2) is 28.4 Å². The van der Waals surface area contributed by atoms with Crippen LogP contribution in [0.15, 0.2) is 30.6 Å². The molecule has 0 amide bonds. The first kappa shape index (κ1) is 27.4. The highest BCUT2D eigenvalue weighted by Crippen LogP contribution is 2.53. The predicted octanol–water partition coefficient (Wildman–Crippen LogP) is 4.04. The first-order valence-electron chi connectivity index (χ1n) is 12.3. The van der Waals surface area contributed by atoms with Crippen molar-refractivity contribution in [3.8, 4) is 17.2 Å². The standard InChI is InChI=1S/C26H37N5O4S2/c1-17-13-27-25(28-14-17)18(2)19(3)37(32,33)16-23-29-30-26(20-11-12-36(6,7)15-20)31(23)24-21(34-4)9-8-10-22(24)35-5/h8-10,13-14,18-20H,11-12,15-16H2,1-7H3/t18-,19-,20+/m0/s1. The Morgan fingerprint density at radius 3 is 2.24 bits per heavy atom. The Kier molecular flexibility index (Phi) is 7.85. The van der Waals surface area contributed by atoms with E-state index >= 15 is 0 Å². The summed E-state index contributed by atoms with van der Waals surface area (Å²) in [5, 5.41) is 8.30. The van der Waals surface area contributed by atoms with Crippen molar-refractivity contribution in [1.29, 1.82) is 0 Å². The average molecular weight is 548 g/mol. The molecule has 0 aliphatic carbocycles. The van der Waals surface area contributed by atoms with Gasteiger partial charge in [0.15, 0.2) is 15.7 Å². The van der Waals surface area contributed by atoms with Crippen LogP contribution in [-0.2, 0) is 15.6 Å². The number of hydrogen-bond donors (Lipinski definition) is 0. The fourth-order valence-electron chi connectivity index (χ4n) is 4.83. The number of aromatic nitrogens is 5. The Bertz CT molecular complexity index is 1330. The third-order valence-corrected chi connectivity index (χ3v) is 12.1. The number of benzene rings is 1. The summed E-state index contributed by atoms with van der Waals surface area (Å²) in [6.45, 7) is 5.45. The van der Waals surface area contributed by atoms with E-state index in [-0.39, 0.29) is 17.6 Å². The van der Waals surface area contributed by atoms with Gasteiger partial charge in [0.2, 0.25) is 0 Å². The Morgan fingerprint density at radius 1 is 1.08 bits per heavy atom. The normalized spacial score (nSPS) is 19.8. The van der Waals surface area contributed by atoms with Crippen LogP contribution in [-0.4, -0.2) is 76.6 Å². The number of rotatable bonds is 9. The third kappa shape index (κ3) is 5.62. The van der Waals surface area contributed by atoms with Gasteiger partial charge in [-0.3, -0.25) is 4.57 Å². The predicted molar refractivity (Wildman–Crippen MR) is 148 cm³/mol. The quantitative estimate of drug-likeness (QED) is 0.395. The summed E-state index contributed by atoms with van der Waals surface area (Å²) in [6, 6.07) is 5.52. The van der Waals surface area contributed by atoms with Crippen LogP contribution < -0.4 is 9.47 Å². The van der Waals surface area contributed by atoms with Gasteiger partial charge in [0.1, 0.15) is 34.6 Å². The summed E-state index contributed by atoms with van der Waals surface area (Å²) in [5.74, 6) is 4.43. The fraction of sp³-hybridized carbons (Fsp3) is 0.538. The minimum absolute atomic E-state index is 0.181. The van der Waals surface area contributed by atoms with Crippen LogP contribution in [0.5, 0.6) is 11.5 Å². The molecule has 2 aromatic heterocycles. The number of sulfone groups is 1. The van der Waals surface area contributed by atoms with Crippen LogP contribution in [0.1, 0.15) is 55.1 Å². The molecule has 0 bridgehead atoms. The molecule has 1 saturated heterocycles. The van der Waals surface area contributed by atoms with Crippen LogP contribution in [0.2, 0.25) is 0 Å². The van der Waals surface area contributed by atoms with Crippen molar-refractivity contribution in [3.63, 3.8) is 0 Å². The number of ether oxygens (including phenoxy) is 2. The monoisotopic (exact) mass is 547 g/mol. The summed E-state index contributed by atoms with van der Waals surface area (Å²) in [7, 11) is -1.21. The molecule has 1 aromatic carbocycles. The zero-order valence-corrected chi connectivity index (χ0v) is 24.3. The Morgan fingerprint density at radius 2 is 1.70 bits per heavy atom. The highest BCUT2D eigenvalue weighted by atomic mass is 32.3. The lowest BCUT2D eigenvalue weighted by molar-refractivity contribution is 0.389. The SMILES string of the molecule is COc1cccc(OC)c1-n1c(CS(=O)(=O)[C@@H](C)[C@H](C)c2ncc(C)cn2)nnc1[C@@H]1CCS(C)(C)C1. The molecule has 0 saturated carbocycles. The molecule has 0 N–H and O–H groups in total. The fourth-order valence-corrected chi connectivity index (χ4v) is 8.88. The van der Waals surface area contributed by atoms with Crippen molar-refractivity contribution in [2.24, 2.45) is 0 Å². The van der Waals surface area contributed by atoms with Crippen molar-refractivity contribution in [2.45, 2.75) is 50.0 Å². The second-order valence-electron chi connectivity index (χ2n) is 10.4. The van der Waals surface area contributed by atoms with Crippen LogP contribution in [0.4, 0.5) is 0 Å². The summed E-state index contributed by atoms with van der Waals surface area (Å²) >= 11 is 0. The molecule has 0 spiro atoms. The Labute approximate surface area is 221 Å². The molecule has 1 aliphatic rings. The van der Waals surface area contributed by atoms with Gasteiger partial charge in [-0.2, -0.15) is 0 Å². The zero-order valence-electron chi connectivity index (χ0n) is 22.6. The summed E-state index contributed by atoms with van der Waals surface area (Å²) in [4.78, 5) is 8.72. The average Bonchev–Trinajstić information content (AvgIpc) is 3.44. The molecular weight excluding hydrogens is 510 g/mol. The minimum Gasteiger partial charge on any atom is -0.494 e. The lowest BCUT2D eigenvalue weighted by atomic mass is 10.1. The smallest absolute Gasteiger partial charge is 0.160 e. The maximum atomic E-state index is 13.7. The number of hydrogen-bond acceptors (Lipinski definition) is 8. The molecule has 37 heavy (non-hydrogen) atoms. The molecular formula is C26H37N5O4S2. The lowest BCUT2D eigenvalue weighted by Crippen LogP contribution is -2.27. The van der Waals surface area contributed by atoms with Crippen molar-refractivity contribution < 1.29 is 17.9 Å². The van der Waals surface area contributed by atoms with Gasteiger partial charge in [-0.15, -0.1) is 10.2 Å². The first-order chi connectivity index (χ1) is 17.5. The summed E-state index contributed by atoms with van der Waals surface area (Å²) in [5.41, 5.74) is 1.55. The summed E-state index contributed by atoms with van der Waals surface area (Å²) in [6.07, 6.45) is 9.07. The topological polar surface area (TPSA) is 109 Å². The van der Waals surface area contributed by atoms with E-state index in [0.717, 1.165) is 29.3 Å². The van der Waals surface area contributed by atoms with E-state index < -0.39 is 25.1 Å². The maximum absolute atomic E-state index is 13.7. The van der Waals surface area contributed by atoms with E-state index in [2.05, 4.69) is 32.7 Å². The van der Waals surface area contributed by atoms with Gasteiger partial charge in [0.25, 0.3) is 0 Å². The first-order valence-corrected chi connectivity index (χ1v) is 16.8. The van der Waals surface area contributed by atoms with E-state index in [1.165, 1.54) is 0 Å². The van der Waals surface area contributed by atoms with Crippen molar-refractivity contribution >= 4 is 19.9 Å². The van der Waals surface area contributed by atoms with Crippen LogP contribution >= 0.6 is 10.0 Å². The van der Waals surface area contributed by atoms with Gasteiger partial charge < -0.3 is 9.47 Å². The molecule has 1 aliphatic heterocycles. The molecule has 0 radical (unpaired) electrons. The highest BCUT2D eigenvalue weighted by molar-refractivity contribution is 8.32. The van der Waals surface area contributed by atoms with Crippen LogP contribution in [0.3, 0.4) is 0 Å². The van der Waals surface area contributed by atoms with Gasteiger partial charge >= 0.3 is 0 Å². The number of para-hydroxylation sites is 1. The number of nitrogens with zero attached hydrogens (tertiary/aromatic N) is 5. The Balaban J connectivity index is 1.78. The molecule has 4 rings (SSSR count). The molecule has 3 heterocycles. The molecule has 1 fully saturated rings. The molecule has 0 unspecified atom stereocenters. The highest BCUT2D eigenvalue weighted by Gasteiger charge is 2.36. The largest absolute Gasteiger partial charge is 0.494 e. The van der Waals surface area contributed by atoms with Gasteiger partial charge in [-0.1, -0.05) is 13.0 Å². The van der Waals surface area contributed by atoms with Crippen molar-refractivity contribution in [2.75, 3.05) is 38.2 Å². The Hall–Kier alpha value is -2.66. The third-order valence-electron chi connectivity index (χ3n) is 7.23. The van der Waals surface area contributed by atoms with E-state index in [4.69, 9.17) is 9.47 Å². The van der Waals surface area contributed by atoms with E-state index in [1.807, 2.05) is 36.6 Å². The van der Waals surface area contributed by atoms with E-state index in [9.17, 15) is 8.42 Å². The molecule has 9 nitrogen and oxygen atoms in total. The van der Waals surface area contributed by atoms with Gasteiger partial charge in [0.05, 0.1) is 19.5 Å². The summed E-state index contributed by atoms with van der Waals surface area (Å²) < 4.78 is 40.7. The van der Waals surface area contributed by atoms with E-state index in [1.54, 1.807) is 33.5 Å². The second-order valence-corrected chi connectivity index (χ2v) is 17.0. The van der Waals surface area contributed by atoms with Gasteiger partial charge in [0, 0.05) is 24.2 Å². The van der Waals surface area contributed by atoms with Crippen molar-refractivity contribution in [3.05, 3.63) is 53.6 Å². The van der Waals surface area contributed by atoms with E-state index in [0.29, 0.717) is 28.8 Å². The van der Waals surface area contributed by atoms with Crippen molar-refractivity contribution in [1.82, 2.24) is 24.7 Å². The molecule has 3 atom stereocenters. The molecule has 202 valence electrons.